The number of carbonyl (C=O) groups is 1. The maximum atomic E-state index is 12.9. The first-order valence-electron chi connectivity index (χ1n) is 12.2. The standard InChI is InChI=1S/C27H30ClN3O5S2/c1-19-7-8-20(2)26(17-19)30-38(35,36)24-11-9-23(10-12-24)29-27(32)21-13-15-31(16-14-21)37(33,34)18-22-5-3-4-6-25(22)28/h3-12,17,21,30H,13-16,18H2,1-2H3,(H,29,32). The topological polar surface area (TPSA) is 113 Å². The van der Waals surface area contributed by atoms with E-state index >= 15 is 0 Å². The highest BCUT2D eigenvalue weighted by molar-refractivity contribution is 7.92. The summed E-state index contributed by atoms with van der Waals surface area (Å²) in [6, 6.07) is 18.3. The normalized spacial score (nSPS) is 15.2. The van der Waals surface area contributed by atoms with E-state index in [0.29, 0.717) is 34.8 Å². The van der Waals surface area contributed by atoms with Crippen molar-refractivity contribution in [2.45, 2.75) is 37.3 Å². The lowest BCUT2D eigenvalue weighted by Gasteiger charge is -2.30. The lowest BCUT2D eigenvalue weighted by atomic mass is 9.97. The van der Waals surface area contributed by atoms with Crippen molar-refractivity contribution in [1.29, 1.82) is 0 Å². The largest absolute Gasteiger partial charge is 0.326 e. The Bertz CT molecular complexity index is 1530. The van der Waals surface area contributed by atoms with Gasteiger partial charge in [-0.3, -0.25) is 9.52 Å². The highest BCUT2D eigenvalue weighted by Crippen LogP contribution is 2.26. The Morgan fingerprint density at radius 2 is 1.61 bits per heavy atom. The summed E-state index contributed by atoms with van der Waals surface area (Å²) in [4.78, 5) is 12.9. The third-order valence-corrected chi connectivity index (χ3v) is 10.2. The van der Waals surface area contributed by atoms with Crippen LogP contribution in [0.3, 0.4) is 0 Å². The minimum atomic E-state index is -3.80. The minimum Gasteiger partial charge on any atom is -0.326 e. The fourth-order valence-electron chi connectivity index (χ4n) is 4.31. The smallest absolute Gasteiger partial charge is 0.261 e. The molecule has 202 valence electrons. The number of hydrogen-bond acceptors (Lipinski definition) is 5. The molecule has 0 bridgehead atoms. The van der Waals surface area contributed by atoms with E-state index in [0.717, 1.165) is 11.1 Å². The van der Waals surface area contributed by atoms with Crippen LogP contribution >= 0.6 is 11.6 Å². The zero-order chi connectivity index (χ0) is 27.5. The molecule has 3 aromatic rings. The summed E-state index contributed by atoms with van der Waals surface area (Å²) >= 11 is 6.12. The van der Waals surface area contributed by atoms with Gasteiger partial charge in [-0.25, -0.2) is 21.1 Å². The number of rotatable bonds is 8. The molecule has 1 amide bonds. The maximum absolute atomic E-state index is 12.9. The molecule has 0 aromatic heterocycles. The summed E-state index contributed by atoms with van der Waals surface area (Å²) < 4.78 is 55.4. The first-order valence-corrected chi connectivity index (χ1v) is 15.6. The van der Waals surface area contributed by atoms with Crippen LogP contribution in [0.5, 0.6) is 0 Å². The van der Waals surface area contributed by atoms with Crippen molar-refractivity contribution < 1.29 is 21.6 Å². The van der Waals surface area contributed by atoms with E-state index in [4.69, 9.17) is 11.6 Å². The number of nitrogens with zero attached hydrogens (tertiary/aromatic N) is 1. The van der Waals surface area contributed by atoms with Crippen LogP contribution in [0.1, 0.15) is 29.5 Å². The number of aryl methyl sites for hydroxylation is 2. The van der Waals surface area contributed by atoms with Crippen LogP contribution in [-0.2, 0) is 30.6 Å². The van der Waals surface area contributed by atoms with Gasteiger partial charge in [-0.15, -0.1) is 0 Å². The monoisotopic (exact) mass is 575 g/mol. The van der Waals surface area contributed by atoms with Crippen molar-refractivity contribution in [3.63, 3.8) is 0 Å². The van der Waals surface area contributed by atoms with Gasteiger partial charge in [0, 0.05) is 29.7 Å². The fraction of sp³-hybridized carbons (Fsp3) is 0.296. The van der Waals surface area contributed by atoms with Crippen LogP contribution in [0.25, 0.3) is 0 Å². The second-order valence-electron chi connectivity index (χ2n) is 9.46. The van der Waals surface area contributed by atoms with Crippen molar-refractivity contribution in [3.8, 4) is 0 Å². The number of amides is 1. The van der Waals surface area contributed by atoms with Crippen molar-refractivity contribution in [3.05, 3.63) is 88.4 Å². The Labute approximate surface area is 229 Å². The predicted octanol–water partition coefficient (Wildman–Crippen LogP) is 4.94. The SMILES string of the molecule is Cc1ccc(C)c(NS(=O)(=O)c2ccc(NC(=O)C3CCN(S(=O)(=O)Cc4ccccc4Cl)CC3)cc2)c1. The average molecular weight is 576 g/mol. The number of piperidine rings is 1. The molecule has 11 heteroatoms. The van der Waals surface area contributed by atoms with E-state index in [1.165, 1.54) is 16.4 Å². The van der Waals surface area contributed by atoms with Gasteiger partial charge in [0.05, 0.1) is 16.3 Å². The molecule has 3 aromatic carbocycles. The zero-order valence-electron chi connectivity index (χ0n) is 21.1. The van der Waals surface area contributed by atoms with Crippen LogP contribution in [0, 0.1) is 19.8 Å². The third-order valence-electron chi connectivity index (χ3n) is 6.58. The lowest BCUT2D eigenvalue weighted by molar-refractivity contribution is -0.120. The molecule has 0 aliphatic carbocycles. The average Bonchev–Trinajstić information content (AvgIpc) is 2.88. The first kappa shape index (κ1) is 28.1. The molecule has 38 heavy (non-hydrogen) atoms. The summed E-state index contributed by atoms with van der Waals surface area (Å²) in [7, 11) is -7.36. The Kier molecular flexibility index (Phi) is 8.46. The molecule has 1 aliphatic heterocycles. The summed E-state index contributed by atoms with van der Waals surface area (Å²) in [5.74, 6) is -0.759. The number of halogens is 1. The molecule has 0 spiro atoms. The van der Waals surface area contributed by atoms with Gasteiger partial charge in [0.15, 0.2) is 0 Å². The lowest BCUT2D eigenvalue weighted by Crippen LogP contribution is -2.41. The zero-order valence-corrected chi connectivity index (χ0v) is 23.5. The van der Waals surface area contributed by atoms with Gasteiger partial charge in [-0.2, -0.15) is 0 Å². The number of anilines is 2. The number of sulfonamides is 2. The molecule has 0 saturated carbocycles. The number of benzene rings is 3. The predicted molar refractivity (Wildman–Crippen MR) is 150 cm³/mol. The van der Waals surface area contributed by atoms with Crippen LogP contribution in [0.4, 0.5) is 11.4 Å². The highest BCUT2D eigenvalue weighted by Gasteiger charge is 2.31. The number of nitrogens with one attached hydrogen (secondary N) is 2. The molecule has 0 radical (unpaired) electrons. The molecule has 0 atom stereocenters. The van der Waals surface area contributed by atoms with Gasteiger partial charge in [-0.1, -0.05) is 41.9 Å². The minimum absolute atomic E-state index is 0.0773. The Morgan fingerprint density at radius 3 is 2.26 bits per heavy atom. The second kappa shape index (κ2) is 11.4. The van der Waals surface area contributed by atoms with E-state index in [9.17, 15) is 21.6 Å². The van der Waals surface area contributed by atoms with Crippen molar-refractivity contribution in [2.75, 3.05) is 23.1 Å². The summed E-state index contributed by atoms with van der Waals surface area (Å²) in [6.45, 7) is 4.20. The van der Waals surface area contributed by atoms with Crippen molar-refractivity contribution in [1.82, 2.24) is 4.31 Å². The van der Waals surface area contributed by atoms with Crippen LogP contribution in [-0.4, -0.2) is 40.1 Å². The molecule has 4 rings (SSSR count). The molecule has 8 nitrogen and oxygen atoms in total. The Hall–Kier alpha value is -2.92. The molecular weight excluding hydrogens is 546 g/mol. The second-order valence-corrected chi connectivity index (χ2v) is 13.5. The number of hydrogen-bond donors (Lipinski definition) is 2. The van der Waals surface area contributed by atoms with E-state index in [-0.39, 0.29) is 35.6 Å². The molecule has 1 heterocycles. The number of carbonyl (C=O) groups excluding carboxylic acids is 1. The Morgan fingerprint density at radius 1 is 0.947 bits per heavy atom. The van der Waals surface area contributed by atoms with E-state index in [2.05, 4.69) is 10.0 Å². The van der Waals surface area contributed by atoms with E-state index in [1.807, 2.05) is 26.0 Å². The Balaban J connectivity index is 1.33. The molecule has 1 saturated heterocycles. The van der Waals surface area contributed by atoms with E-state index in [1.54, 1.807) is 42.5 Å². The molecule has 0 unspecified atom stereocenters. The molecule has 2 N–H and O–H groups in total. The van der Waals surface area contributed by atoms with Gasteiger partial charge in [0.2, 0.25) is 15.9 Å². The van der Waals surface area contributed by atoms with Crippen LogP contribution in [0.2, 0.25) is 5.02 Å². The van der Waals surface area contributed by atoms with Crippen molar-refractivity contribution >= 4 is 48.9 Å². The van der Waals surface area contributed by atoms with E-state index < -0.39 is 20.0 Å². The van der Waals surface area contributed by atoms with Gasteiger partial charge >= 0.3 is 0 Å². The maximum Gasteiger partial charge on any atom is 0.261 e. The van der Waals surface area contributed by atoms with Crippen LogP contribution in [0.15, 0.2) is 71.6 Å². The molecule has 1 aliphatic rings. The summed E-state index contributed by atoms with van der Waals surface area (Å²) in [5, 5.41) is 3.23. The fourth-order valence-corrected chi connectivity index (χ4v) is 7.31. The first-order chi connectivity index (χ1) is 17.9. The molecular formula is C27H30ClN3O5S2. The van der Waals surface area contributed by atoms with Gasteiger partial charge in [0.1, 0.15) is 0 Å². The molecule has 1 fully saturated rings. The van der Waals surface area contributed by atoms with Crippen molar-refractivity contribution in [2.24, 2.45) is 5.92 Å². The summed E-state index contributed by atoms with van der Waals surface area (Å²) in [6.07, 6.45) is 0.777. The van der Waals surface area contributed by atoms with Crippen LogP contribution < -0.4 is 10.0 Å². The van der Waals surface area contributed by atoms with Gasteiger partial charge in [0.25, 0.3) is 10.0 Å². The van der Waals surface area contributed by atoms with Gasteiger partial charge < -0.3 is 5.32 Å². The third kappa shape index (κ3) is 6.74. The highest BCUT2D eigenvalue weighted by atomic mass is 35.5. The summed E-state index contributed by atoms with van der Waals surface area (Å²) in [5.41, 5.74) is 3.28. The van der Waals surface area contributed by atoms with Gasteiger partial charge in [-0.05, 0) is 79.8 Å². The quantitative estimate of drug-likeness (QED) is 0.395.